The van der Waals surface area contributed by atoms with Crippen LogP contribution in [-0.2, 0) is 0 Å². The second-order valence-corrected chi connectivity index (χ2v) is 6.87. The topological polar surface area (TPSA) is 109 Å². The highest BCUT2D eigenvalue weighted by Gasteiger charge is 2.14. The van der Waals surface area contributed by atoms with Crippen molar-refractivity contribution in [3.63, 3.8) is 0 Å². The van der Waals surface area contributed by atoms with Crippen molar-refractivity contribution in [1.82, 2.24) is 25.1 Å². The van der Waals surface area contributed by atoms with Crippen LogP contribution in [0.2, 0.25) is 0 Å². The predicted octanol–water partition coefficient (Wildman–Crippen LogP) is 2.63. The molecule has 0 aliphatic heterocycles. The second-order valence-electron chi connectivity index (χ2n) is 6.87. The van der Waals surface area contributed by atoms with Gasteiger partial charge in [0, 0.05) is 11.6 Å². The van der Waals surface area contributed by atoms with E-state index in [9.17, 15) is 4.79 Å². The van der Waals surface area contributed by atoms with Crippen molar-refractivity contribution in [2.45, 2.75) is 0 Å². The smallest absolute Gasteiger partial charge is 0.255 e. The summed E-state index contributed by atoms with van der Waals surface area (Å²) in [5.41, 5.74) is 1.77. The maximum absolute atomic E-state index is 12.5. The molecule has 0 spiro atoms. The lowest BCUT2D eigenvalue weighted by Crippen LogP contribution is -2.28. The molecule has 0 fully saturated rings. The minimum Gasteiger partial charge on any atom is -0.497 e. The highest BCUT2D eigenvalue weighted by atomic mass is 16.5. The van der Waals surface area contributed by atoms with Crippen LogP contribution in [0.3, 0.4) is 0 Å². The Morgan fingerprint density at radius 2 is 1.76 bits per heavy atom. The summed E-state index contributed by atoms with van der Waals surface area (Å²) in [5, 5.41) is 15.7. The number of nitrogens with zero attached hydrogens (tertiary/aromatic N) is 4. The van der Waals surface area contributed by atoms with Crippen LogP contribution in [0.4, 0.5) is 0 Å². The summed E-state index contributed by atoms with van der Waals surface area (Å²) in [6, 6.07) is 16.0. The van der Waals surface area contributed by atoms with E-state index in [4.69, 9.17) is 18.9 Å². The molecule has 4 aromatic rings. The maximum Gasteiger partial charge on any atom is 0.255 e. The van der Waals surface area contributed by atoms with Crippen molar-refractivity contribution < 1.29 is 23.7 Å². The van der Waals surface area contributed by atoms with Gasteiger partial charge in [-0.2, -0.15) is 4.52 Å². The van der Waals surface area contributed by atoms with Gasteiger partial charge in [-0.15, -0.1) is 15.3 Å². The molecule has 10 nitrogen and oxygen atoms in total. The van der Waals surface area contributed by atoms with E-state index in [1.165, 1.54) is 14.2 Å². The molecule has 4 rings (SSSR count). The molecule has 1 N–H and O–H groups in total. The molecule has 0 atom stereocenters. The summed E-state index contributed by atoms with van der Waals surface area (Å²) < 4.78 is 23.0. The standard InChI is InChI=1S/C23H23N5O5/c1-30-16-6-4-5-15(13-16)22-26-25-20-9-10-21(27-28(20)22)33-12-11-24-23(29)18-14-17(31-2)7-8-19(18)32-3/h4-10,13-14H,11-12H2,1-3H3,(H,24,29). The zero-order valence-corrected chi connectivity index (χ0v) is 18.4. The van der Waals surface area contributed by atoms with Crippen molar-refractivity contribution in [2.24, 2.45) is 0 Å². The van der Waals surface area contributed by atoms with Gasteiger partial charge >= 0.3 is 0 Å². The molecular formula is C23H23N5O5. The Kier molecular flexibility index (Phi) is 6.53. The molecule has 2 aromatic heterocycles. The normalized spacial score (nSPS) is 10.6. The molecule has 0 unspecified atom stereocenters. The van der Waals surface area contributed by atoms with E-state index >= 15 is 0 Å². The lowest BCUT2D eigenvalue weighted by molar-refractivity contribution is 0.0943. The highest BCUT2D eigenvalue weighted by Crippen LogP contribution is 2.24. The first-order valence-corrected chi connectivity index (χ1v) is 10.1. The monoisotopic (exact) mass is 449 g/mol. The quantitative estimate of drug-likeness (QED) is 0.389. The van der Waals surface area contributed by atoms with E-state index in [1.807, 2.05) is 24.3 Å². The molecule has 0 saturated carbocycles. The first-order valence-electron chi connectivity index (χ1n) is 10.1. The zero-order chi connectivity index (χ0) is 23.2. The van der Waals surface area contributed by atoms with Crippen LogP contribution in [0.15, 0.2) is 54.6 Å². The van der Waals surface area contributed by atoms with E-state index in [1.54, 1.807) is 42.0 Å². The van der Waals surface area contributed by atoms with Gasteiger partial charge in [0.05, 0.1) is 33.4 Å². The Hall–Kier alpha value is -4.34. The lowest BCUT2D eigenvalue weighted by atomic mass is 10.1. The number of hydrogen-bond acceptors (Lipinski definition) is 8. The third kappa shape index (κ3) is 4.79. The number of amides is 1. The molecule has 0 bridgehead atoms. The fourth-order valence-corrected chi connectivity index (χ4v) is 3.20. The number of methoxy groups -OCH3 is 3. The van der Waals surface area contributed by atoms with E-state index < -0.39 is 0 Å². The van der Waals surface area contributed by atoms with Gasteiger partial charge in [0.1, 0.15) is 23.9 Å². The summed E-state index contributed by atoms with van der Waals surface area (Å²) in [6.45, 7) is 0.483. The number of fused-ring (bicyclic) bond motifs is 1. The summed E-state index contributed by atoms with van der Waals surface area (Å²) in [6.07, 6.45) is 0. The average Bonchev–Trinajstić information content (AvgIpc) is 3.29. The van der Waals surface area contributed by atoms with E-state index in [2.05, 4.69) is 20.6 Å². The number of rotatable bonds is 9. The Bertz CT molecular complexity index is 1270. The van der Waals surface area contributed by atoms with Crippen molar-refractivity contribution in [2.75, 3.05) is 34.5 Å². The SMILES string of the molecule is COc1cccc(-c2nnc3ccc(OCCNC(=O)c4cc(OC)ccc4OC)nn23)c1. The minimum atomic E-state index is -0.295. The van der Waals surface area contributed by atoms with Gasteiger partial charge in [-0.05, 0) is 36.4 Å². The van der Waals surface area contributed by atoms with Gasteiger partial charge in [-0.1, -0.05) is 12.1 Å². The first-order chi connectivity index (χ1) is 16.1. The van der Waals surface area contributed by atoms with Gasteiger partial charge in [-0.25, -0.2) is 0 Å². The highest BCUT2D eigenvalue weighted by molar-refractivity contribution is 5.97. The molecule has 2 aromatic carbocycles. The number of carbonyl (C=O) groups is 1. The molecule has 33 heavy (non-hydrogen) atoms. The third-order valence-electron chi connectivity index (χ3n) is 4.86. The third-order valence-corrected chi connectivity index (χ3v) is 4.86. The number of aromatic nitrogens is 4. The minimum absolute atomic E-state index is 0.215. The van der Waals surface area contributed by atoms with Crippen molar-refractivity contribution in [1.29, 1.82) is 0 Å². The Balaban J connectivity index is 1.41. The van der Waals surface area contributed by atoms with Crippen LogP contribution in [0, 0.1) is 0 Å². The molecule has 10 heteroatoms. The van der Waals surface area contributed by atoms with E-state index in [0.717, 1.165) is 5.56 Å². The zero-order valence-electron chi connectivity index (χ0n) is 18.4. The molecule has 0 radical (unpaired) electrons. The summed E-state index contributed by atoms with van der Waals surface area (Å²) in [7, 11) is 4.65. The van der Waals surface area contributed by atoms with Crippen LogP contribution in [-0.4, -0.2) is 60.2 Å². The van der Waals surface area contributed by atoms with Crippen LogP contribution < -0.4 is 24.3 Å². The molecule has 1 amide bonds. The maximum atomic E-state index is 12.5. The average molecular weight is 449 g/mol. The van der Waals surface area contributed by atoms with Crippen molar-refractivity contribution >= 4 is 11.6 Å². The van der Waals surface area contributed by atoms with Crippen LogP contribution in [0.25, 0.3) is 17.0 Å². The number of nitrogens with one attached hydrogen (secondary N) is 1. The Labute approximate surface area is 190 Å². The van der Waals surface area contributed by atoms with Crippen LogP contribution >= 0.6 is 0 Å². The van der Waals surface area contributed by atoms with Crippen LogP contribution in [0.5, 0.6) is 23.1 Å². The van der Waals surface area contributed by atoms with Gasteiger partial charge < -0.3 is 24.3 Å². The number of hydrogen-bond donors (Lipinski definition) is 1. The Morgan fingerprint density at radius 1 is 0.939 bits per heavy atom. The fourth-order valence-electron chi connectivity index (χ4n) is 3.20. The van der Waals surface area contributed by atoms with Crippen molar-refractivity contribution in [3.05, 3.63) is 60.2 Å². The van der Waals surface area contributed by atoms with E-state index in [0.29, 0.717) is 40.2 Å². The summed E-state index contributed by atoms with van der Waals surface area (Å²) >= 11 is 0. The van der Waals surface area contributed by atoms with E-state index in [-0.39, 0.29) is 19.1 Å². The summed E-state index contributed by atoms with van der Waals surface area (Å²) in [4.78, 5) is 12.5. The molecule has 0 aliphatic rings. The molecule has 2 heterocycles. The molecular weight excluding hydrogens is 426 g/mol. The van der Waals surface area contributed by atoms with Gasteiger partial charge in [0.2, 0.25) is 5.88 Å². The largest absolute Gasteiger partial charge is 0.497 e. The molecule has 0 saturated heterocycles. The second kappa shape index (κ2) is 9.86. The fraction of sp³-hybridized carbons (Fsp3) is 0.217. The van der Waals surface area contributed by atoms with Gasteiger partial charge in [-0.3, -0.25) is 4.79 Å². The number of carbonyl (C=O) groups excluding carboxylic acids is 1. The van der Waals surface area contributed by atoms with Crippen LogP contribution in [0.1, 0.15) is 10.4 Å². The first kappa shape index (κ1) is 21.9. The molecule has 170 valence electrons. The van der Waals surface area contributed by atoms with Gasteiger partial charge in [0.15, 0.2) is 11.5 Å². The number of ether oxygens (including phenoxy) is 4. The lowest BCUT2D eigenvalue weighted by Gasteiger charge is -2.11. The molecule has 0 aliphatic carbocycles. The number of benzene rings is 2. The van der Waals surface area contributed by atoms with Crippen molar-refractivity contribution in [3.8, 4) is 34.5 Å². The predicted molar refractivity (Wildman–Crippen MR) is 120 cm³/mol. The summed E-state index contributed by atoms with van der Waals surface area (Å²) in [5.74, 6) is 2.37. The van der Waals surface area contributed by atoms with Gasteiger partial charge in [0.25, 0.3) is 5.91 Å². The Morgan fingerprint density at radius 3 is 2.55 bits per heavy atom.